The SMILES string of the molecule is O=C(c1ccc(N2c3ccccc3Oc3ccccc32)cc1)c1[nH]c2cccc[n+]2c1-c1ccccc1. The minimum absolute atomic E-state index is 0.0584. The van der Waals surface area contributed by atoms with E-state index in [1.807, 2.05) is 132 Å². The van der Waals surface area contributed by atoms with Crippen molar-refractivity contribution in [3.05, 3.63) is 139 Å². The second-order valence-electron chi connectivity index (χ2n) is 8.92. The number of carbonyl (C=O) groups is 1. The molecule has 37 heavy (non-hydrogen) atoms. The highest BCUT2D eigenvalue weighted by molar-refractivity contribution is 6.11. The Morgan fingerprint density at radius 1 is 0.676 bits per heavy atom. The summed E-state index contributed by atoms with van der Waals surface area (Å²) in [5.41, 5.74) is 6.73. The predicted octanol–water partition coefficient (Wildman–Crippen LogP) is 7.23. The number of pyridine rings is 1. The Hall–Kier alpha value is -5.16. The average molecular weight is 481 g/mol. The zero-order valence-electron chi connectivity index (χ0n) is 19.8. The Kier molecular flexibility index (Phi) is 4.86. The lowest BCUT2D eigenvalue weighted by molar-refractivity contribution is -0.497. The van der Waals surface area contributed by atoms with Gasteiger partial charge in [-0.3, -0.25) is 4.79 Å². The van der Waals surface area contributed by atoms with Crippen molar-refractivity contribution in [1.29, 1.82) is 0 Å². The van der Waals surface area contributed by atoms with Crippen LogP contribution in [0.4, 0.5) is 17.1 Å². The van der Waals surface area contributed by atoms with Gasteiger partial charge in [0.1, 0.15) is 0 Å². The first-order valence-electron chi connectivity index (χ1n) is 12.2. The fourth-order valence-electron chi connectivity index (χ4n) is 4.98. The molecule has 0 saturated carbocycles. The molecular formula is C32H22N3O2+. The molecule has 1 aliphatic heterocycles. The third kappa shape index (κ3) is 3.48. The lowest BCUT2D eigenvalue weighted by Gasteiger charge is -2.32. The van der Waals surface area contributed by atoms with E-state index >= 15 is 0 Å². The van der Waals surface area contributed by atoms with E-state index in [2.05, 4.69) is 9.88 Å². The van der Waals surface area contributed by atoms with Crippen LogP contribution < -0.4 is 14.0 Å². The molecule has 176 valence electrons. The molecule has 0 radical (unpaired) electrons. The van der Waals surface area contributed by atoms with Gasteiger partial charge in [0.2, 0.25) is 11.5 Å². The highest BCUT2D eigenvalue weighted by atomic mass is 16.5. The van der Waals surface area contributed by atoms with Crippen LogP contribution in [0.15, 0.2) is 128 Å². The Labute approximate surface area is 213 Å². The molecule has 3 heterocycles. The van der Waals surface area contributed by atoms with Crippen LogP contribution in [-0.2, 0) is 0 Å². The average Bonchev–Trinajstić information content (AvgIpc) is 3.36. The highest BCUT2D eigenvalue weighted by Crippen LogP contribution is 2.49. The number of ether oxygens (including phenoxy) is 1. The molecule has 0 bridgehead atoms. The standard InChI is InChI=1S/C32H21N3O2/c36-32(30-31(22-10-2-1-3-11-22)34-21-9-8-16-29(34)33-30)23-17-19-24(20-18-23)35-25-12-4-6-14-27(25)37-28-15-7-5-13-26(28)35/h1-21H/p+1. The highest BCUT2D eigenvalue weighted by Gasteiger charge is 2.28. The van der Waals surface area contributed by atoms with E-state index in [1.54, 1.807) is 0 Å². The van der Waals surface area contributed by atoms with Crippen molar-refractivity contribution in [2.24, 2.45) is 0 Å². The zero-order valence-corrected chi connectivity index (χ0v) is 19.8. The molecule has 4 aromatic carbocycles. The van der Waals surface area contributed by atoms with Crippen LogP contribution in [0.1, 0.15) is 16.1 Å². The van der Waals surface area contributed by atoms with Gasteiger partial charge in [0, 0.05) is 22.9 Å². The van der Waals surface area contributed by atoms with Gasteiger partial charge in [0.05, 0.1) is 17.6 Å². The molecule has 2 aromatic heterocycles. The summed E-state index contributed by atoms with van der Waals surface area (Å²) >= 11 is 0. The van der Waals surface area contributed by atoms with E-state index in [9.17, 15) is 4.79 Å². The number of ketones is 1. The van der Waals surface area contributed by atoms with Crippen molar-refractivity contribution in [2.75, 3.05) is 4.90 Å². The number of aromatic nitrogens is 2. The van der Waals surface area contributed by atoms with Crippen molar-refractivity contribution < 1.29 is 13.9 Å². The molecule has 0 spiro atoms. The van der Waals surface area contributed by atoms with Crippen LogP contribution in [0, 0.1) is 0 Å². The van der Waals surface area contributed by atoms with Crippen molar-refractivity contribution in [3.8, 4) is 22.8 Å². The van der Waals surface area contributed by atoms with E-state index in [-0.39, 0.29) is 5.78 Å². The second-order valence-corrected chi connectivity index (χ2v) is 8.92. The number of carbonyl (C=O) groups excluding carboxylic acids is 1. The lowest BCUT2D eigenvalue weighted by atomic mass is 10.0. The van der Waals surface area contributed by atoms with E-state index < -0.39 is 0 Å². The molecule has 7 rings (SSSR count). The predicted molar refractivity (Wildman–Crippen MR) is 144 cm³/mol. The van der Waals surface area contributed by atoms with Crippen LogP contribution >= 0.6 is 0 Å². The molecular weight excluding hydrogens is 458 g/mol. The fourth-order valence-corrected chi connectivity index (χ4v) is 4.98. The second kappa shape index (κ2) is 8.50. The van der Waals surface area contributed by atoms with E-state index in [4.69, 9.17) is 4.74 Å². The van der Waals surface area contributed by atoms with Crippen molar-refractivity contribution in [1.82, 2.24) is 4.98 Å². The Bertz CT molecular complexity index is 1730. The summed E-state index contributed by atoms with van der Waals surface area (Å²) in [6.07, 6.45) is 1.97. The number of hydrogen-bond donors (Lipinski definition) is 1. The minimum atomic E-state index is -0.0584. The molecule has 0 saturated heterocycles. The topological polar surface area (TPSA) is 49.4 Å². The van der Waals surface area contributed by atoms with E-state index in [1.165, 1.54) is 0 Å². The molecule has 0 aliphatic carbocycles. The Balaban J connectivity index is 1.31. The normalized spacial score (nSPS) is 12.1. The maximum Gasteiger partial charge on any atom is 0.285 e. The van der Waals surface area contributed by atoms with Crippen LogP contribution in [-0.4, -0.2) is 10.8 Å². The van der Waals surface area contributed by atoms with Gasteiger partial charge in [-0.1, -0.05) is 60.7 Å². The van der Waals surface area contributed by atoms with Gasteiger partial charge in [0.15, 0.2) is 17.2 Å². The van der Waals surface area contributed by atoms with Crippen LogP contribution in [0.3, 0.4) is 0 Å². The van der Waals surface area contributed by atoms with Crippen molar-refractivity contribution in [3.63, 3.8) is 0 Å². The third-order valence-electron chi connectivity index (χ3n) is 6.68. The minimum Gasteiger partial charge on any atom is -0.453 e. The summed E-state index contributed by atoms with van der Waals surface area (Å²) < 4.78 is 8.16. The van der Waals surface area contributed by atoms with E-state index in [0.29, 0.717) is 11.3 Å². The Morgan fingerprint density at radius 3 is 2.00 bits per heavy atom. The molecule has 0 atom stereocenters. The number of nitrogens with one attached hydrogen (secondary N) is 1. The van der Waals surface area contributed by atoms with Gasteiger partial charge >= 0.3 is 0 Å². The summed E-state index contributed by atoms with van der Waals surface area (Å²) in [4.78, 5) is 19.3. The molecule has 1 aliphatic rings. The number of nitrogens with zero attached hydrogens (tertiary/aromatic N) is 2. The van der Waals surface area contributed by atoms with Crippen molar-refractivity contribution in [2.45, 2.75) is 0 Å². The summed E-state index contributed by atoms with van der Waals surface area (Å²) in [7, 11) is 0. The first-order valence-corrected chi connectivity index (χ1v) is 12.2. The number of imidazole rings is 1. The molecule has 6 aromatic rings. The smallest absolute Gasteiger partial charge is 0.285 e. The Morgan fingerprint density at radius 2 is 1.30 bits per heavy atom. The molecule has 0 amide bonds. The number of H-pyrrole nitrogens is 1. The third-order valence-corrected chi connectivity index (χ3v) is 6.68. The molecule has 5 heteroatoms. The summed E-state index contributed by atoms with van der Waals surface area (Å²) in [6.45, 7) is 0. The maximum absolute atomic E-state index is 13.8. The number of hydrogen-bond acceptors (Lipinski definition) is 3. The number of para-hydroxylation sites is 4. The van der Waals surface area contributed by atoms with Gasteiger partial charge < -0.3 is 9.64 Å². The summed E-state index contributed by atoms with van der Waals surface area (Å²) in [5.74, 6) is 1.53. The van der Waals surface area contributed by atoms with Gasteiger partial charge in [0.25, 0.3) is 5.65 Å². The summed E-state index contributed by atoms with van der Waals surface area (Å²) in [5, 5.41) is 0. The molecule has 0 unspecified atom stereocenters. The fraction of sp³-hybridized carbons (Fsp3) is 0. The number of fused-ring (bicyclic) bond motifs is 3. The first-order chi connectivity index (χ1) is 18.3. The maximum atomic E-state index is 13.8. The van der Waals surface area contributed by atoms with Gasteiger partial charge in [-0.15, -0.1) is 0 Å². The van der Waals surface area contributed by atoms with Gasteiger partial charge in [-0.2, -0.15) is 4.40 Å². The number of aromatic amines is 1. The first kappa shape index (κ1) is 21.1. The zero-order chi connectivity index (χ0) is 24.8. The van der Waals surface area contributed by atoms with Gasteiger partial charge in [-0.05, 0) is 54.6 Å². The van der Waals surface area contributed by atoms with Crippen LogP contribution in [0.5, 0.6) is 11.5 Å². The van der Waals surface area contributed by atoms with Gasteiger partial charge in [-0.25, -0.2) is 4.98 Å². The molecule has 1 N–H and O–H groups in total. The van der Waals surface area contributed by atoms with Crippen LogP contribution in [0.2, 0.25) is 0 Å². The molecule has 5 nitrogen and oxygen atoms in total. The number of benzene rings is 4. The number of anilines is 3. The quantitative estimate of drug-likeness (QED) is 0.214. The van der Waals surface area contributed by atoms with Crippen molar-refractivity contribution >= 4 is 28.5 Å². The van der Waals surface area contributed by atoms with E-state index in [0.717, 1.165) is 45.5 Å². The number of rotatable bonds is 4. The summed E-state index contributed by atoms with van der Waals surface area (Å²) in [6, 6.07) is 39.6. The monoisotopic (exact) mass is 480 g/mol. The molecule has 0 fully saturated rings. The van der Waals surface area contributed by atoms with Crippen LogP contribution in [0.25, 0.3) is 16.9 Å². The largest absolute Gasteiger partial charge is 0.453 e. The lowest BCUT2D eigenvalue weighted by Crippen LogP contribution is -2.22.